The van der Waals surface area contributed by atoms with Crippen LogP contribution in [-0.4, -0.2) is 42.1 Å². The van der Waals surface area contributed by atoms with Crippen molar-refractivity contribution in [1.82, 2.24) is 14.9 Å². The zero-order valence-corrected chi connectivity index (χ0v) is 24.9. The summed E-state index contributed by atoms with van der Waals surface area (Å²) in [7, 11) is 4.07. The smallest absolute Gasteiger partial charge is 0.137 e. The van der Waals surface area contributed by atoms with Crippen molar-refractivity contribution in [2.45, 2.75) is 0 Å². The minimum atomic E-state index is -0.263. The van der Waals surface area contributed by atoms with Gasteiger partial charge in [-0.25, -0.2) is 4.39 Å². The summed E-state index contributed by atoms with van der Waals surface area (Å²) < 4.78 is 31.2. The first kappa shape index (κ1) is 28.3. The standard InChI is InChI=1S/C21H20N2O2.C17H10FNO/c1-23(2)9-10-24-17-8-7-16-13-22-14-19(18(16)12-17)21-11-15-5-3-4-6-20(15)25-21;18-13-6-5-12-9-19-10-15(14(12)8-13)17-7-11-3-1-2-4-16(11)20-17/h3-8,11-14H,9-10H2,1-2H3;1-10H. The maximum absolute atomic E-state index is 13.5. The summed E-state index contributed by atoms with van der Waals surface area (Å²) in [6.45, 7) is 1.54. The van der Waals surface area contributed by atoms with Gasteiger partial charge in [-0.1, -0.05) is 36.4 Å². The zero-order valence-electron chi connectivity index (χ0n) is 24.9. The highest BCUT2D eigenvalue weighted by molar-refractivity contribution is 5.98. The van der Waals surface area contributed by atoms with Gasteiger partial charge in [-0.3, -0.25) is 9.97 Å². The summed E-state index contributed by atoms with van der Waals surface area (Å²) in [4.78, 5) is 10.7. The fraction of sp³-hybridized carbons (Fsp3) is 0.105. The Bertz CT molecular complexity index is 2200. The quantitative estimate of drug-likeness (QED) is 0.191. The molecule has 0 aliphatic carbocycles. The number of benzene rings is 4. The number of fused-ring (bicyclic) bond motifs is 4. The SMILES string of the molecule is CN(C)CCOc1ccc2cncc(-c3cc4ccccc4o3)c2c1.Fc1ccc2cncc(-c3cc4ccccc4o3)c2c1. The van der Waals surface area contributed by atoms with Crippen molar-refractivity contribution in [3.63, 3.8) is 0 Å². The van der Waals surface area contributed by atoms with Crippen LogP contribution in [0.5, 0.6) is 5.75 Å². The van der Waals surface area contributed by atoms with Gasteiger partial charge in [0.15, 0.2) is 0 Å². The molecule has 0 saturated heterocycles. The Balaban J connectivity index is 0.000000148. The van der Waals surface area contributed by atoms with Gasteiger partial charge in [0.1, 0.15) is 40.9 Å². The Morgan fingerprint density at radius 2 is 1.18 bits per heavy atom. The molecule has 0 aliphatic rings. The number of nitrogens with zero attached hydrogens (tertiary/aromatic N) is 3. The van der Waals surface area contributed by atoms with Crippen LogP contribution in [0.15, 0.2) is 131 Å². The summed E-state index contributed by atoms with van der Waals surface area (Å²) >= 11 is 0. The maximum Gasteiger partial charge on any atom is 0.137 e. The van der Waals surface area contributed by atoms with E-state index in [1.165, 1.54) is 12.1 Å². The average Bonchev–Trinajstić information content (AvgIpc) is 3.69. The number of furan rings is 2. The maximum atomic E-state index is 13.5. The molecule has 8 aromatic rings. The molecule has 4 aromatic carbocycles. The average molecular weight is 596 g/mol. The number of halogens is 1. The van der Waals surface area contributed by atoms with Crippen LogP contribution in [0.1, 0.15) is 0 Å². The minimum absolute atomic E-state index is 0.263. The molecule has 0 bridgehead atoms. The van der Waals surface area contributed by atoms with Gasteiger partial charge in [0.05, 0.1) is 0 Å². The van der Waals surface area contributed by atoms with Crippen LogP contribution in [0, 0.1) is 5.82 Å². The fourth-order valence-electron chi connectivity index (χ4n) is 5.34. The lowest BCUT2D eigenvalue weighted by molar-refractivity contribution is 0.261. The van der Waals surface area contributed by atoms with Crippen molar-refractivity contribution in [3.05, 3.63) is 128 Å². The Kier molecular flexibility index (Phi) is 7.68. The fourth-order valence-corrected chi connectivity index (χ4v) is 5.34. The van der Waals surface area contributed by atoms with Crippen LogP contribution in [-0.2, 0) is 0 Å². The van der Waals surface area contributed by atoms with E-state index in [2.05, 4.69) is 33.1 Å². The minimum Gasteiger partial charge on any atom is -0.492 e. The topological polar surface area (TPSA) is 64.5 Å². The van der Waals surface area contributed by atoms with Crippen LogP contribution in [0.2, 0.25) is 0 Å². The molecule has 0 N–H and O–H groups in total. The molecular weight excluding hydrogens is 565 g/mol. The van der Waals surface area contributed by atoms with Crippen molar-refractivity contribution in [1.29, 1.82) is 0 Å². The summed E-state index contributed by atoms with van der Waals surface area (Å²) in [6, 6.07) is 30.6. The third-order valence-electron chi connectivity index (χ3n) is 7.64. The first-order valence-electron chi connectivity index (χ1n) is 14.7. The lowest BCUT2D eigenvalue weighted by Gasteiger charge is -2.12. The van der Waals surface area contributed by atoms with E-state index in [1.807, 2.05) is 87.2 Å². The lowest BCUT2D eigenvalue weighted by atomic mass is 10.1. The summed E-state index contributed by atoms with van der Waals surface area (Å²) in [5, 5.41) is 5.96. The highest BCUT2D eigenvalue weighted by atomic mass is 19.1. The van der Waals surface area contributed by atoms with E-state index in [4.69, 9.17) is 13.6 Å². The molecule has 0 atom stereocenters. The Morgan fingerprint density at radius 1 is 0.622 bits per heavy atom. The number of hydrogen-bond acceptors (Lipinski definition) is 6. The summed E-state index contributed by atoms with van der Waals surface area (Å²) in [5.41, 5.74) is 3.48. The molecule has 4 heterocycles. The molecule has 4 aromatic heterocycles. The van der Waals surface area contributed by atoms with E-state index in [0.29, 0.717) is 12.4 Å². The van der Waals surface area contributed by atoms with Crippen molar-refractivity contribution in [3.8, 4) is 28.4 Å². The molecule has 0 radical (unpaired) electrons. The normalized spacial score (nSPS) is 11.4. The van der Waals surface area contributed by atoms with Crippen molar-refractivity contribution in [2.24, 2.45) is 0 Å². The van der Waals surface area contributed by atoms with E-state index in [0.717, 1.165) is 72.7 Å². The number of para-hydroxylation sites is 2. The van der Waals surface area contributed by atoms with Gasteiger partial charge < -0.3 is 18.5 Å². The number of hydrogen-bond donors (Lipinski definition) is 0. The van der Waals surface area contributed by atoms with Crippen molar-refractivity contribution < 1.29 is 18.0 Å². The molecular formula is C38H30FN3O3. The van der Waals surface area contributed by atoms with Gasteiger partial charge in [0, 0.05) is 64.0 Å². The third kappa shape index (κ3) is 5.98. The molecule has 0 aliphatic heterocycles. The second-order valence-corrected chi connectivity index (χ2v) is 11.1. The van der Waals surface area contributed by atoms with Gasteiger partial charge in [-0.15, -0.1) is 0 Å². The molecule has 45 heavy (non-hydrogen) atoms. The van der Waals surface area contributed by atoms with Gasteiger partial charge in [0.2, 0.25) is 0 Å². The van der Waals surface area contributed by atoms with E-state index in [1.54, 1.807) is 18.5 Å². The molecule has 0 amide bonds. The Labute approximate surface area is 259 Å². The molecule has 0 unspecified atom stereocenters. The van der Waals surface area contributed by atoms with E-state index in [9.17, 15) is 4.39 Å². The Hall–Kier alpha value is -5.53. The zero-order chi connectivity index (χ0) is 30.8. The molecule has 6 nitrogen and oxygen atoms in total. The van der Waals surface area contributed by atoms with E-state index in [-0.39, 0.29) is 5.82 Å². The van der Waals surface area contributed by atoms with Gasteiger partial charge in [-0.05, 0) is 85.5 Å². The van der Waals surface area contributed by atoms with Gasteiger partial charge in [-0.2, -0.15) is 0 Å². The molecule has 0 fully saturated rings. The molecule has 222 valence electrons. The number of aromatic nitrogens is 2. The van der Waals surface area contributed by atoms with Crippen LogP contribution >= 0.6 is 0 Å². The van der Waals surface area contributed by atoms with Crippen molar-refractivity contribution in [2.75, 3.05) is 27.2 Å². The third-order valence-corrected chi connectivity index (χ3v) is 7.64. The molecule has 7 heteroatoms. The van der Waals surface area contributed by atoms with Gasteiger partial charge in [0.25, 0.3) is 0 Å². The van der Waals surface area contributed by atoms with Crippen LogP contribution in [0.3, 0.4) is 0 Å². The first-order valence-corrected chi connectivity index (χ1v) is 14.7. The lowest BCUT2D eigenvalue weighted by Crippen LogP contribution is -2.19. The molecule has 0 spiro atoms. The second kappa shape index (κ2) is 12.2. The highest BCUT2D eigenvalue weighted by Gasteiger charge is 2.12. The van der Waals surface area contributed by atoms with Crippen molar-refractivity contribution >= 4 is 43.5 Å². The number of likely N-dealkylation sites (N-methyl/N-ethyl adjacent to an activating group) is 1. The molecule has 0 saturated carbocycles. The summed E-state index contributed by atoms with van der Waals surface area (Å²) in [5.74, 6) is 2.12. The molecule has 8 rings (SSSR count). The van der Waals surface area contributed by atoms with E-state index < -0.39 is 0 Å². The number of pyridine rings is 2. The monoisotopic (exact) mass is 595 g/mol. The predicted molar refractivity (Wildman–Crippen MR) is 178 cm³/mol. The van der Waals surface area contributed by atoms with E-state index >= 15 is 0 Å². The first-order chi connectivity index (χ1) is 22.0. The van der Waals surface area contributed by atoms with Crippen LogP contribution < -0.4 is 4.74 Å². The van der Waals surface area contributed by atoms with Crippen LogP contribution in [0.25, 0.3) is 66.1 Å². The predicted octanol–water partition coefficient (Wildman–Crippen LogP) is 9.38. The highest BCUT2D eigenvalue weighted by Crippen LogP contribution is 2.34. The second-order valence-electron chi connectivity index (χ2n) is 11.1. The summed E-state index contributed by atoms with van der Waals surface area (Å²) in [6.07, 6.45) is 7.15. The number of ether oxygens (including phenoxy) is 1. The van der Waals surface area contributed by atoms with Gasteiger partial charge >= 0.3 is 0 Å². The largest absolute Gasteiger partial charge is 0.492 e. The number of rotatable bonds is 6. The Morgan fingerprint density at radius 3 is 1.76 bits per heavy atom. The van der Waals surface area contributed by atoms with Crippen LogP contribution in [0.4, 0.5) is 4.39 Å².